The van der Waals surface area contributed by atoms with E-state index in [1.807, 2.05) is 0 Å². The molecular weight excluding hydrogens is 566 g/mol. The van der Waals surface area contributed by atoms with Crippen molar-refractivity contribution in [2.45, 2.75) is 38.1 Å². The Morgan fingerprint density at radius 1 is 1.17 bits per heavy atom. The maximum atomic E-state index is 13.0. The molecule has 0 fully saturated rings. The van der Waals surface area contributed by atoms with E-state index in [9.17, 15) is 14.4 Å². The molecule has 4 aromatic rings. The Bertz CT molecular complexity index is 1620. The van der Waals surface area contributed by atoms with Crippen molar-refractivity contribution in [3.05, 3.63) is 65.3 Å². The summed E-state index contributed by atoms with van der Waals surface area (Å²) in [6, 6.07) is 9.41. The number of nitrogens with zero attached hydrogens (tertiary/aromatic N) is 6. The standard InChI is InChI=1S/C27H26ClN9O5/c1-41-27(40)30-18-9-10-19-21(14-18)32-23(38)6-4-2-3-5-20(26-34-33-25(19)42-26)31-24(39)12-7-16-13-17(28)8-11-22(16)37-15-29-35-36-37/h7-15,20H,2-6H2,1H3,(H,30,40)(H,31,39)(H,32,38)/b12-7+/t20-/m0/s1. The van der Waals surface area contributed by atoms with Gasteiger partial charge in [0.15, 0.2) is 0 Å². The lowest BCUT2D eigenvalue weighted by Gasteiger charge is -2.14. The van der Waals surface area contributed by atoms with E-state index < -0.39 is 12.1 Å². The Morgan fingerprint density at radius 2 is 2.05 bits per heavy atom. The molecule has 0 saturated heterocycles. The van der Waals surface area contributed by atoms with Crippen LogP contribution in [-0.2, 0) is 14.3 Å². The first kappa shape index (κ1) is 28.4. The van der Waals surface area contributed by atoms with E-state index in [0.717, 1.165) is 6.42 Å². The Balaban J connectivity index is 1.39. The summed E-state index contributed by atoms with van der Waals surface area (Å²) in [5.41, 5.74) is 2.52. The number of hydrogen-bond acceptors (Lipinski definition) is 10. The molecule has 1 aliphatic heterocycles. The molecule has 14 nitrogen and oxygen atoms in total. The number of hydrogen-bond donors (Lipinski definition) is 3. The topological polar surface area (TPSA) is 179 Å². The fraction of sp³-hybridized carbons (Fsp3) is 0.259. The van der Waals surface area contributed by atoms with E-state index in [1.165, 1.54) is 24.2 Å². The third-order valence-corrected chi connectivity index (χ3v) is 6.64. The monoisotopic (exact) mass is 591 g/mol. The number of benzene rings is 2. The average Bonchev–Trinajstić information content (AvgIpc) is 3.68. The van der Waals surface area contributed by atoms with Gasteiger partial charge in [0.2, 0.25) is 23.6 Å². The zero-order valence-electron chi connectivity index (χ0n) is 22.4. The summed E-state index contributed by atoms with van der Waals surface area (Å²) in [6.07, 6.45) is 6.69. The molecule has 2 aromatic carbocycles. The molecule has 5 rings (SSSR count). The lowest BCUT2D eigenvalue weighted by atomic mass is 10.1. The highest BCUT2D eigenvalue weighted by molar-refractivity contribution is 6.30. The summed E-state index contributed by atoms with van der Waals surface area (Å²) < 4.78 is 12.1. The number of nitrogens with one attached hydrogen (secondary N) is 3. The highest BCUT2D eigenvalue weighted by Crippen LogP contribution is 2.32. The van der Waals surface area contributed by atoms with E-state index in [-0.39, 0.29) is 23.6 Å². The SMILES string of the molecule is COC(=O)Nc1ccc2c(c1)NC(=O)CCCCC[C@H](NC(=O)/C=C/c1cc(Cl)ccc1-n1cnnn1)c1nnc-2o1. The second-order valence-electron chi connectivity index (χ2n) is 9.32. The van der Waals surface area contributed by atoms with Crippen molar-refractivity contribution in [3.8, 4) is 17.1 Å². The van der Waals surface area contributed by atoms with E-state index in [2.05, 4.69) is 46.4 Å². The van der Waals surface area contributed by atoms with Gasteiger partial charge in [-0.1, -0.05) is 24.4 Å². The molecular formula is C27H26ClN9O5. The van der Waals surface area contributed by atoms with Crippen molar-refractivity contribution in [1.82, 2.24) is 35.7 Å². The van der Waals surface area contributed by atoms with Crippen LogP contribution in [0.1, 0.15) is 49.6 Å². The summed E-state index contributed by atoms with van der Waals surface area (Å²) >= 11 is 6.18. The van der Waals surface area contributed by atoms with Crippen molar-refractivity contribution in [2.75, 3.05) is 17.7 Å². The van der Waals surface area contributed by atoms with Gasteiger partial charge in [-0.2, -0.15) is 4.68 Å². The van der Waals surface area contributed by atoms with Crippen molar-refractivity contribution >= 4 is 47.0 Å². The minimum Gasteiger partial charge on any atom is -0.453 e. The molecule has 15 heteroatoms. The van der Waals surface area contributed by atoms with Gasteiger partial charge in [-0.3, -0.25) is 14.9 Å². The van der Waals surface area contributed by atoms with Crippen molar-refractivity contribution in [2.24, 2.45) is 0 Å². The van der Waals surface area contributed by atoms with Gasteiger partial charge in [0.25, 0.3) is 0 Å². The van der Waals surface area contributed by atoms with Gasteiger partial charge in [0.1, 0.15) is 12.4 Å². The van der Waals surface area contributed by atoms with Crippen LogP contribution in [0.25, 0.3) is 23.2 Å². The maximum absolute atomic E-state index is 13.0. The van der Waals surface area contributed by atoms with E-state index in [4.69, 9.17) is 16.0 Å². The molecule has 0 spiro atoms. The Kier molecular flexibility index (Phi) is 8.82. The first-order valence-electron chi connectivity index (χ1n) is 13.0. The average molecular weight is 592 g/mol. The van der Waals surface area contributed by atoms with Crippen LogP contribution in [0.5, 0.6) is 0 Å². The van der Waals surface area contributed by atoms with Gasteiger partial charge in [-0.25, -0.2) is 4.79 Å². The van der Waals surface area contributed by atoms with Crippen LogP contribution >= 0.6 is 11.6 Å². The zero-order chi connectivity index (χ0) is 29.5. The molecule has 0 unspecified atom stereocenters. The number of ether oxygens (including phenoxy) is 1. The van der Waals surface area contributed by atoms with Crippen molar-refractivity contribution in [3.63, 3.8) is 0 Å². The van der Waals surface area contributed by atoms with Crippen LogP contribution < -0.4 is 16.0 Å². The molecule has 1 aliphatic rings. The number of tetrazole rings is 1. The molecule has 2 bridgehead atoms. The molecule has 1 atom stereocenters. The van der Waals surface area contributed by atoms with Crippen molar-refractivity contribution in [1.29, 1.82) is 0 Å². The van der Waals surface area contributed by atoms with E-state index >= 15 is 0 Å². The summed E-state index contributed by atoms with van der Waals surface area (Å²) in [6.45, 7) is 0. The quantitative estimate of drug-likeness (QED) is 0.283. The number of carbonyl (C=O) groups is 3. The largest absolute Gasteiger partial charge is 0.453 e. The second kappa shape index (κ2) is 13.0. The first-order chi connectivity index (χ1) is 20.4. The predicted molar refractivity (Wildman–Crippen MR) is 152 cm³/mol. The summed E-state index contributed by atoms with van der Waals surface area (Å²) in [4.78, 5) is 37.4. The normalized spacial score (nSPS) is 15.5. The highest BCUT2D eigenvalue weighted by Gasteiger charge is 2.23. The Morgan fingerprint density at radius 3 is 2.86 bits per heavy atom. The number of aromatic nitrogens is 6. The van der Waals surface area contributed by atoms with E-state index in [1.54, 1.807) is 42.5 Å². The van der Waals surface area contributed by atoms with Crippen LogP contribution in [0.3, 0.4) is 0 Å². The van der Waals surface area contributed by atoms with Crippen LogP contribution in [0, 0.1) is 0 Å². The molecule has 3 heterocycles. The molecule has 42 heavy (non-hydrogen) atoms. The molecule has 0 radical (unpaired) electrons. The number of methoxy groups -OCH3 is 1. The van der Waals surface area contributed by atoms with Crippen LogP contribution in [0.4, 0.5) is 16.2 Å². The molecule has 2 aromatic heterocycles. The lowest BCUT2D eigenvalue weighted by molar-refractivity contribution is -0.117. The number of carbonyl (C=O) groups excluding carboxylic acids is 3. The maximum Gasteiger partial charge on any atom is 0.411 e. The number of amides is 3. The minimum atomic E-state index is -0.652. The predicted octanol–water partition coefficient (Wildman–Crippen LogP) is 4.32. The molecule has 3 N–H and O–H groups in total. The number of rotatable bonds is 5. The van der Waals surface area contributed by atoms with Gasteiger partial charge >= 0.3 is 6.09 Å². The molecule has 216 valence electrons. The summed E-state index contributed by atoms with van der Waals surface area (Å²) in [5.74, 6) is -0.217. The number of fused-ring (bicyclic) bond motifs is 4. The van der Waals surface area contributed by atoms with Crippen molar-refractivity contribution < 1.29 is 23.5 Å². The fourth-order valence-electron chi connectivity index (χ4n) is 4.37. The third-order valence-electron chi connectivity index (χ3n) is 6.41. The van der Waals surface area contributed by atoms with E-state index in [0.29, 0.717) is 58.9 Å². The highest BCUT2D eigenvalue weighted by atomic mass is 35.5. The van der Waals surface area contributed by atoms with Gasteiger partial charge in [0, 0.05) is 28.8 Å². The Labute approximate surface area is 244 Å². The third kappa shape index (κ3) is 6.96. The lowest BCUT2D eigenvalue weighted by Crippen LogP contribution is -2.27. The van der Waals surface area contributed by atoms with Gasteiger partial charge < -0.3 is 19.8 Å². The summed E-state index contributed by atoms with van der Waals surface area (Å²) in [5, 5.41) is 28.5. The van der Waals surface area contributed by atoms with Crippen LogP contribution in [-0.4, -0.2) is 55.4 Å². The van der Waals surface area contributed by atoms with Crippen LogP contribution in [0.15, 0.2) is 53.2 Å². The summed E-state index contributed by atoms with van der Waals surface area (Å²) in [7, 11) is 1.25. The Hall–Kier alpha value is -5.11. The molecule has 0 aliphatic carbocycles. The van der Waals surface area contributed by atoms with Gasteiger partial charge in [-0.05, 0) is 65.7 Å². The van der Waals surface area contributed by atoms with Gasteiger partial charge in [0.05, 0.1) is 24.0 Å². The zero-order valence-corrected chi connectivity index (χ0v) is 23.2. The van der Waals surface area contributed by atoms with Gasteiger partial charge in [-0.15, -0.1) is 15.3 Å². The number of anilines is 2. The number of halogens is 1. The molecule has 3 amide bonds. The fourth-order valence-corrected chi connectivity index (χ4v) is 4.55. The smallest absolute Gasteiger partial charge is 0.411 e. The second-order valence-corrected chi connectivity index (χ2v) is 9.76. The molecule has 0 saturated carbocycles. The first-order valence-corrected chi connectivity index (χ1v) is 13.4. The van der Waals surface area contributed by atoms with Crippen LogP contribution in [0.2, 0.25) is 5.02 Å². The minimum absolute atomic E-state index is 0.143.